The Morgan fingerprint density at radius 1 is 1.29 bits per heavy atom. The normalized spacial score (nSPS) is 7.88. The van der Waals surface area contributed by atoms with E-state index in [-0.39, 0.29) is 43.6 Å². The number of carboxylic acids is 1. The molecule has 0 unspecified atom stereocenters. The Kier molecular flexibility index (Phi) is 11.0. The summed E-state index contributed by atoms with van der Waals surface area (Å²) in [6, 6.07) is 3.17. The number of carbonyl (C=O) groups is 3. The second-order valence-corrected chi connectivity index (χ2v) is 2.57. The molecule has 0 bridgehead atoms. The number of hydrazine groups is 1. The van der Waals surface area contributed by atoms with Gasteiger partial charge in [0.05, 0.1) is 0 Å². The zero-order valence-corrected chi connectivity index (χ0v) is 8.51. The van der Waals surface area contributed by atoms with E-state index in [9.17, 15) is 14.4 Å². The molecule has 0 aliphatic rings. The number of ketones is 1. The summed E-state index contributed by atoms with van der Waals surface area (Å²) < 4.78 is 0. The molecule has 1 aromatic rings. The Bertz CT molecular complexity index is 371. The van der Waals surface area contributed by atoms with Gasteiger partial charge in [0, 0.05) is 24.9 Å². The molecule has 0 fully saturated rings. The average Bonchev–Trinajstić information content (AvgIpc) is 2.30. The number of nitrogens with one attached hydrogen (secondary N) is 1. The van der Waals surface area contributed by atoms with Crippen molar-refractivity contribution in [2.24, 2.45) is 5.84 Å². The molecule has 1 amide bonds. The van der Waals surface area contributed by atoms with Crippen LogP contribution in [-0.4, -0.2) is 65.5 Å². The van der Waals surface area contributed by atoms with Crippen molar-refractivity contribution in [1.29, 1.82) is 0 Å². The number of nitrogens with two attached hydrogens (primary N) is 1. The van der Waals surface area contributed by atoms with Crippen LogP contribution in [0.25, 0.3) is 0 Å². The van der Waals surface area contributed by atoms with Gasteiger partial charge in [-0.1, -0.05) is 0 Å². The Morgan fingerprint density at radius 3 is 2.00 bits per heavy atom. The number of rotatable bonds is 2. The van der Waals surface area contributed by atoms with Crippen molar-refractivity contribution >= 4 is 55.4 Å². The quantitative estimate of drug-likeness (QED) is 0.196. The number of hydrogen-bond donors (Lipinski definition) is 3. The fourth-order valence-electron chi connectivity index (χ4n) is 0.587. The number of Topliss-reactive ketones (excluding diaryl/α,β-unsaturated/α-hetero) is 1. The van der Waals surface area contributed by atoms with Crippen LogP contribution in [0.4, 0.5) is 0 Å². The maximum atomic E-state index is 10.7. The predicted molar refractivity (Wildman–Crippen MR) is 62.8 cm³/mol. The van der Waals surface area contributed by atoms with E-state index in [1.807, 2.05) is 5.43 Å². The van der Waals surface area contributed by atoms with Gasteiger partial charge in [-0.3, -0.25) is 20.0 Å². The van der Waals surface area contributed by atoms with Crippen LogP contribution in [-0.2, 0) is 9.59 Å². The van der Waals surface area contributed by atoms with Crippen molar-refractivity contribution in [2.45, 2.75) is 6.92 Å². The van der Waals surface area contributed by atoms with Gasteiger partial charge in [0.25, 0.3) is 5.91 Å². The topological polar surface area (TPSA) is 122 Å². The number of hydrogen-bond acceptors (Lipinski definition) is 5. The summed E-state index contributed by atoms with van der Waals surface area (Å²) in [7, 11) is 0. The SMILES string of the molecule is CC(=O)C(=O)O.NNC(=O)c1ccncc1.[CaH2]. The second-order valence-electron chi connectivity index (χ2n) is 2.57. The molecule has 17 heavy (non-hydrogen) atoms. The molecule has 0 radical (unpaired) electrons. The van der Waals surface area contributed by atoms with Gasteiger partial charge in [0.1, 0.15) is 0 Å². The number of aliphatic carboxylic acids is 1. The minimum atomic E-state index is -1.38. The van der Waals surface area contributed by atoms with E-state index in [1.165, 1.54) is 12.4 Å². The molecule has 1 heterocycles. The van der Waals surface area contributed by atoms with Crippen molar-refractivity contribution in [3.8, 4) is 0 Å². The monoisotopic (exact) mass is 267 g/mol. The summed E-state index contributed by atoms with van der Waals surface area (Å²) >= 11 is 0. The minimum absolute atomic E-state index is 0. The summed E-state index contributed by atoms with van der Waals surface area (Å²) in [5, 5.41) is 7.64. The third kappa shape index (κ3) is 8.75. The summed E-state index contributed by atoms with van der Waals surface area (Å²) in [6.07, 6.45) is 3.06. The van der Waals surface area contributed by atoms with Crippen LogP contribution < -0.4 is 11.3 Å². The molecular formula is C9H13CaN3O4. The van der Waals surface area contributed by atoms with Gasteiger partial charge in [-0.05, 0) is 12.1 Å². The van der Waals surface area contributed by atoms with E-state index < -0.39 is 11.8 Å². The van der Waals surface area contributed by atoms with Crippen molar-refractivity contribution in [3.63, 3.8) is 0 Å². The summed E-state index contributed by atoms with van der Waals surface area (Å²) in [5.74, 6) is 2.38. The molecule has 0 atom stereocenters. The molecular weight excluding hydrogens is 254 g/mol. The number of aromatic nitrogens is 1. The molecule has 0 spiro atoms. The van der Waals surface area contributed by atoms with Crippen molar-refractivity contribution in [1.82, 2.24) is 10.4 Å². The number of carboxylic acid groups (broad SMARTS) is 1. The molecule has 0 aromatic carbocycles. The Labute approximate surface area is 127 Å². The van der Waals surface area contributed by atoms with Gasteiger partial charge in [0.2, 0.25) is 5.78 Å². The van der Waals surface area contributed by atoms with Gasteiger partial charge in [-0.2, -0.15) is 0 Å². The van der Waals surface area contributed by atoms with Crippen molar-refractivity contribution in [2.75, 3.05) is 0 Å². The van der Waals surface area contributed by atoms with Gasteiger partial charge in [-0.25, -0.2) is 10.6 Å². The van der Waals surface area contributed by atoms with Crippen LogP contribution in [0.15, 0.2) is 24.5 Å². The third-order valence-corrected chi connectivity index (χ3v) is 1.37. The fourth-order valence-corrected chi connectivity index (χ4v) is 0.587. The average molecular weight is 267 g/mol. The Morgan fingerprint density at radius 2 is 1.71 bits per heavy atom. The van der Waals surface area contributed by atoms with Crippen LogP contribution >= 0.6 is 0 Å². The van der Waals surface area contributed by atoms with Gasteiger partial charge in [-0.15, -0.1) is 0 Å². The molecule has 0 aliphatic heterocycles. The first-order valence-corrected chi connectivity index (χ1v) is 4.14. The van der Waals surface area contributed by atoms with Crippen LogP contribution in [0, 0.1) is 0 Å². The number of pyridine rings is 1. The van der Waals surface area contributed by atoms with Crippen LogP contribution in [0.1, 0.15) is 17.3 Å². The summed E-state index contributed by atoms with van der Waals surface area (Å²) in [6.45, 7) is 1.00. The van der Waals surface area contributed by atoms with E-state index >= 15 is 0 Å². The molecule has 90 valence electrons. The van der Waals surface area contributed by atoms with Crippen LogP contribution in [0.5, 0.6) is 0 Å². The van der Waals surface area contributed by atoms with Gasteiger partial charge in [0.15, 0.2) is 0 Å². The second kappa shape index (κ2) is 10.2. The number of nitrogens with zero attached hydrogens (tertiary/aromatic N) is 1. The molecule has 1 aromatic heterocycles. The van der Waals surface area contributed by atoms with Crippen LogP contribution in [0.2, 0.25) is 0 Å². The molecule has 7 nitrogen and oxygen atoms in total. The van der Waals surface area contributed by atoms with E-state index in [4.69, 9.17) is 10.9 Å². The van der Waals surface area contributed by atoms with Gasteiger partial charge < -0.3 is 5.11 Å². The van der Waals surface area contributed by atoms with Crippen molar-refractivity contribution < 1.29 is 19.5 Å². The first-order chi connectivity index (χ1) is 7.49. The molecule has 8 heteroatoms. The predicted octanol–water partition coefficient (Wildman–Crippen LogP) is -1.57. The third-order valence-electron chi connectivity index (χ3n) is 1.37. The maximum absolute atomic E-state index is 10.7. The van der Waals surface area contributed by atoms with E-state index in [1.54, 1.807) is 12.1 Å². The Hall–Kier alpha value is -1.02. The first kappa shape index (κ1) is 18.3. The van der Waals surface area contributed by atoms with Gasteiger partial charge >= 0.3 is 43.7 Å². The van der Waals surface area contributed by atoms with Crippen molar-refractivity contribution in [3.05, 3.63) is 30.1 Å². The molecule has 1 rings (SSSR count). The van der Waals surface area contributed by atoms with E-state index in [0.717, 1.165) is 6.92 Å². The molecule has 0 aliphatic carbocycles. The van der Waals surface area contributed by atoms with E-state index in [2.05, 4.69) is 4.98 Å². The van der Waals surface area contributed by atoms with Crippen LogP contribution in [0.3, 0.4) is 0 Å². The summed E-state index contributed by atoms with van der Waals surface area (Å²) in [4.78, 5) is 33.4. The molecule has 0 saturated carbocycles. The standard InChI is InChI=1S/C6H7N3O.C3H4O3.Ca.2H/c7-9-6(10)5-1-3-8-4-2-5;1-2(4)3(5)6;;;/h1-4H,7H2,(H,9,10);1H3,(H,5,6);;;. The first-order valence-electron chi connectivity index (χ1n) is 4.14. The molecule has 0 saturated heterocycles. The number of carbonyl (C=O) groups excluding carboxylic acids is 2. The molecule has 4 N–H and O–H groups in total. The fraction of sp³-hybridized carbons (Fsp3) is 0.111. The zero-order chi connectivity index (χ0) is 12.6. The number of amides is 1. The zero-order valence-electron chi connectivity index (χ0n) is 8.51. The number of nitrogen functional groups attached to an aromatic ring is 1. The summed E-state index contributed by atoms with van der Waals surface area (Å²) in [5.41, 5.74) is 2.53. The Balaban J connectivity index is 0. The van der Waals surface area contributed by atoms with E-state index in [0.29, 0.717) is 5.56 Å².